The summed E-state index contributed by atoms with van der Waals surface area (Å²) in [6.07, 6.45) is 3.58. The van der Waals surface area contributed by atoms with Crippen molar-refractivity contribution in [2.24, 2.45) is 5.92 Å². The monoisotopic (exact) mass is 597 g/mol. The van der Waals surface area contributed by atoms with Crippen molar-refractivity contribution in [2.75, 3.05) is 44.7 Å². The number of ether oxygens (including phenoxy) is 2. The second-order valence-corrected chi connectivity index (χ2v) is 12.2. The van der Waals surface area contributed by atoms with Crippen LogP contribution in [0.1, 0.15) is 41.7 Å². The van der Waals surface area contributed by atoms with Crippen molar-refractivity contribution in [3.8, 4) is 17.3 Å². The van der Waals surface area contributed by atoms with E-state index in [1.807, 2.05) is 6.07 Å². The molecule has 1 aliphatic heterocycles. The van der Waals surface area contributed by atoms with E-state index in [2.05, 4.69) is 20.0 Å². The largest absolute Gasteiger partial charge is 0.476 e. The Balaban J connectivity index is 1.48. The summed E-state index contributed by atoms with van der Waals surface area (Å²) in [6, 6.07) is 13.2. The van der Waals surface area contributed by atoms with Gasteiger partial charge in [0.05, 0.1) is 18.9 Å². The van der Waals surface area contributed by atoms with Gasteiger partial charge in [-0.25, -0.2) is 17.9 Å². The summed E-state index contributed by atoms with van der Waals surface area (Å²) in [5, 5.41) is 16.8. The van der Waals surface area contributed by atoms with Crippen LogP contribution in [0.4, 0.5) is 5.69 Å². The van der Waals surface area contributed by atoms with Crippen molar-refractivity contribution < 1.29 is 32.6 Å². The van der Waals surface area contributed by atoms with Gasteiger partial charge in [0.2, 0.25) is 21.8 Å². The van der Waals surface area contributed by atoms with E-state index in [1.54, 1.807) is 37.3 Å². The highest BCUT2D eigenvalue weighted by Crippen LogP contribution is 2.36. The molecule has 1 amide bonds. The Kier molecular flexibility index (Phi) is 9.21. The lowest BCUT2D eigenvalue weighted by atomic mass is 10.1. The summed E-state index contributed by atoms with van der Waals surface area (Å²) in [5.41, 5.74) is 0.875. The predicted octanol–water partition coefficient (Wildman–Crippen LogP) is 3.41. The number of nitrogens with zero attached hydrogens (tertiary/aromatic N) is 3. The number of para-hydroxylation sites is 1. The van der Waals surface area contributed by atoms with E-state index in [0.29, 0.717) is 44.2 Å². The van der Waals surface area contributed by atoms with E-state index in [9.17, 15) is 23.1 Å². The van der Waals surface area contributed by atoms with Crippen LogP contribution in [0.15, 0.2) is 53.4 Å². The Morgan fingerprint density at radius 1 is 1.10 bits per heavy atom. The minimum Gasteiger partial charge on any atom is -0.476 e. The molecule has 2 fully saturated rings. The number of amides is 1. The third kappa shape index (κ3) is 6.81. The molecule has 0 radical (unpaired) electrons. The van der Waals surface area contributed by atoms with Gasteiger partial charge >= 0.3 is 5.97 Å². The Bertz CT molecular complexity index is 1530. The molecule has 2 aromatic carbocycles. The molecule has 224 valence electrons. The summed E-state index contributed by atoms with van der Waals surface area (Å²) < 4.78 is 42.9. The van der Waals surface area contributed by atoms with Crippen molar-refractivity contribution in [1.82, 2.24) is 19.4 Å². The van der Waals surface area contributed by atoms with Crippen LogP contribution in [0, 0.1) is 12.8 Å². The van der Waals surface area contributed by atoms with Crippen LogP contribution in [-0.4, -0.2) is 79.5 Å². The Hall–Kier alpha value is -3.78. The number of morpholine rings is 1. The number of aromatic nitrogens is 2. The normalized spacial score (nSPS) is 16.4. The number of carbonyl (C=O) groups excluding carboxylic acids is 1. The first-order valence-corrected chi connectivity index (χ1v) is 15.5. The number of anilines is 1. The molecule has 42 heavy (non-hydrogen) atoms. The summed E-state index contributed by atoms with van der Waals surface area (Å²) in [4.78, 5) is 26.7. The third-order valence-corrected chi connectivity index (χ3v) is 9.01. The first kappa shape index (κ1) is 29.7. The smallest absolute Gasteiger partial charge is 0.356 e. The maximum absolute atomic E-state index is 13.7. The van der Waals surface area contributed by atoms with Gasteiger partial charge in [-0.15, -0.1) is 0 Å². The lowest BCUT2D eigenvalue weighted by molar-refractivity contribution is -0.119. The Labute approximate surface area is 244 Å². The van der Waals surface area contributed by atoms with E-state index in [-0.39, 0.29) is 46.2 Å². The van der Waals surface area contributed by atoms with Crippen molar-refractivity contribution in [1.29, 1.82) is 0 Å². The molecule has 1 saturated heterocycles. The zero-order valence-corrected chi connectivity index (χ0v) is 24.2. The summed E-state index contributed by atoms with van der Waals surface area (Å²) >= 11 is 0. The highest BCUT2D eigenvalue weighted by molar-refractivity contribution is 7.89. The fourth-order valence-electron chi connectivity index (χ4n) is 5.20. The SMILES string of the molecule is Cc1c(C(=O)O)nn(-c2ccccc2)c1Oc1ccc(NC(=O)C2CCCC2)cc1S(=O)(=O)NCCN1CCOCC1. The lowest BCUT2D eigenvalue weighted by Gasteiger charge is -2.26. The standard InChI is InChI=1S/C29H35N5O7S/c1-20-26(29(36)37)32-34(23-9-3-2-4-10-23)28(20)41-24-12-11-22(31-27(35)21-7-5-6-8-21)19-25(24)42(38,39)30-13-14-33-15-17-40-18-16-33/h2-4,9-12,19,21,30H,5-8,13-18H2,1H3,(H,31,35)(H,36,37). The molecule has 1 saturated carbocycles. The van der Waals surface area contributed by atoms with Gasteiger partial charge in [0.15, 0.2) is 5.69 Å². The van der Waals surface area contributed by atoms with Crippen LogP contribution in [0.5, 0.6) is 11.6 Å². The van der Waals surface area contributed by atoms with Crippen LogP contribution >= 0.6 is 0 Å². The van der Waals surface area contributed by atoms with Gasteiger partial charge in [-0.05, 0) is 50.1 Å². The highest BCUT2D eigenvalue weighted by Gasteiger charge is 2.28. The molecule has 0 atom stereocenters. The van der Waals surface area contributed by atoms with Crippen molar-refractivity contribution >= 4 is 27.6 Å². The zero-order chi connectivity index (χ0) is 29.7. The maximum Gasteiger partial charge on any atom is 0.356 e. The minimum atomic E-state index is -4.12. The number of rotatable bonds is 11. The van der Waals surface area contributed by atoms with Crippen LogP contribution in [-0.2, 0) is 19.6 Å². The molecule has 0 unspecified atom stereocenters. The van der Waals surface area contributed by atoms with Crippen LogP contribution in [0.25, 0.3) is 5.69 Å². The third-order valence-electron chi connectivity index (χ3n) is 7.53. The molecular formula is C29H35N5O7S. The second kappa shape index (κ2) is 13.0. The molecule has 0 spiro atoms. The van der Waals surface area contributed by atoms with E-state index >= 15 is 0 Å². The minimum absolute atomic E-state index is 0.0372. The van der Waals surface area contributed by atoms with Crippen LogP contribution in [0.3, 0.4) is 0 Å². The zero-order valence-electron chi connectivity index (χ0n) is 23.4. The number of carboxylic acids is 1. The van der Waals surface area contributed by atoms with Gasteiger partial charge in [0.25, 0.3) is 0 Å². The van der Waals surface area contributed by atoms with Crippen molar-refractivity contribution in [3.63, 3.8) is 0 Å². The molecule has 0 bridgehead atoms. The molecule has 5 rings (SSSR count). The first-order chi connectivity index (χ1) is 20.2. The Morgan fingerprint density at radius 2 is 1.81 bits per heavy atom. The topological polar surface area (TPSA) is 152 Å². The fourth-order valence-corrected chi connectivity index (χ4v) is 6.38. The lowest BCUT2D eigenvalue weighted by Crippen LogP contribution is -2.41. The Morgan fingerprint density at radius 3 is 2.50 bits per heavy atom. The van der Waals surface area contributed by atoms with Crippen molar-refractivity contribution in [3.05, 3.63) is 59.8 Å². The molecule has 2 aliphatic rings. The first-order valence-electron chi connectivity index (χ1n) is 14.0. The number of nitrogens with one attached hydrogen (secondary N) is 2. The van der Waals surface area contributed by atoms with Crippen LogP contribution < -0.4 is 14.8 Å². The number of carbonyl (C=O) groups is 2. The average Bonchev–Trinajstić information content (AvgIpc) is 3.64. The molecule has 3 aromatic rings. The number of carboxylic acid groups (broad SMARTS) is 1. The quantitative estimate of drug-likeness (QED) is 0.302. The molecule has 13 heteroatoms. The molecule has 1 aromatic heterocycles. The van der Waals surface area contributed by atoms with E-state index in [0.717, 1.165) is 25.7 Å². The van der Waals surface area contributed by atoms with Crippen molar-refractivity contribution in [2.45, 2.75) is 37.5 Å². The van der Waals surface area contributed by atoms with Gasteiger partial charge in [0.1, 0.15) is 10.6 Å². The molecule has 12 nitrogen and oxygen atoms in total. The van der Waals surface area contributed by atoms with E-state index in [4.69, 9.17) is 9.47 Å². The summed E-state index contributed by atoms with van der Waals surface area (Å²) in [5.74, 6) is -1.47. The number of aromatic carboxylic acids is 1. The van der Waals surface area contributed by atoms with Gasteiger partial charge < -0.3 is 19.9 Å². The fraction of sp³-hybridized carbons (Fsp3) is 0.414. The molecule has 3 N–H and O–H groups in total. The molecule has 1 aliphatic carbocycles. The highest BCUT2D eigenvalue weighted by atomic mass is 32.2. The number of hydrogen-bond donors (Lipinski definition) is 3. The van der Waals surface area contributed by atoms with E-state index in [1.165, 1.54) is 16.8 Å². The maximum atomic E-state index is 13.7. The number of benzene rings is 2. The summed E-state index contributed by atoms with van der Waals surface area (Å²) in [6.45, 7) is 4.83. The van der Waals surface area contributed by atoms with Gasteiger partial charge in [-0.1, -0.05) is 31.0 Å². The number of sulfonamides is 1. The number of hydrogen-bond acceptors (Lipinski definition) is 8. The average molecular weight is 598 g/mol. The second-order valence-electron chi connectivity index (χ2n) is 10.4. The van der Waals surface area contributed by atoms with Crippen LogP contribution in [0.2, 0.25) is 0 Å². The molecule has 2 heterocycles. The molecular weight excluding hydrogens is 562 g/mol. The van der Waals surface area contributed by atoms with Gasteiger partial charge in [-0.3, -0.25) is 9.69 Å². The predicted molar refractivity (Wildman–Crippen MR) is 155 cm³/mol. The van der Waals surface area contributed by atoms with Gasteiger partial charge in [0, 0.05) is 43.3 Å². The van der Waals surface area contributed by atoms with E-state index < -0.39 is 16.0 Å². The van der Waals surface area contributed by atoms with Gasteiger partial charge in [-0.2, -0.15) is 9.78 Å². The summed E-state index contributed by atoms with van der Waals surface area (Å²) in [7, 11) is -4.12.